The van der Waals surface area contributed by atoms with Crippen LogP contribution in [0.15, 0.2) is 12.7 Å². The van der Waals surface area contributed by atoms with Gasteiger partial charge in [-0.1, -0.05) is 6.42 Å². The number of carbonyl (C=O) groups excluding carboxylic acids is 1. The van der Waals surface area contributed by atoms with Crippen LogP contribution in [-0.2, 0) is 16.1 Å². The summed E-state index contributed by atoms with van der Waals surface area (Å²) in [6, 6.07) is -0.231. The van der Waals surface area contributed by atoms with Crippen molar-refractivity contribution in [1.82, 2.24) is 20.1 Å². The van der Waals surface area contributed by atoms with Crippen molar-refractivity contribution in [3.8, 4) is 0 Å². The predicted octanol–water partition coefficient (Wildman–Crippen LogP) is 0.0377. The Bertz CT molecular complexity index is 418. The Labute approximate surface area is 104 Å². The minimum Gasteiger partial charge on any atom is -0.481 e. The molecule has 1 aromatic heterocycles. The lowest BCUT2D eigenvalue weighted by Gasteiger charge is -2.17. The summed E-state index contributed by atoms with van der Waals surface area (Å²) < 4.78 is 1.57. The molecule has 1 aliphatic rings. The van der Waals surface area contributed by atoms with Gasteiger partial charge in [-0.05, 0) is 12.8 Å². The summed E-state index contributed by atoms with van der Waals surface area (Å²) in [5, 5.41) is 15.7. The van der Waals surface area contributed by atoms with Crippen LogP contribution in [0.5, 0.6) is 0 Å². The van der Waals surface area contributed by atoms with E-state index in [2.05, 4.69) is 15.4 Å². The minimum atomic E-state index is -0.825. The molecule has 1 amide bonds. The molecule has 1 saturated carbocycles. The number of carbonyl (C=O) groups is 2. The number of nitrogens with zero attached hydrogens (tertiary/aromatic N) is 3. The molecule has 0 spiro atoms. The zero-order valence-electron chi connectivity index (χ0n) is 9.95. The van der Waals surface area contributed by atoms with Crippen LogP contribution in [0.3, 0.4) is 0 Å². The van der Waals surface area contributed by atoms with Gasteiger partial charge >= 0.3 is 5.97 Å². The SMILES string of the molecule is O=C(CCn1cncn1)NC1CCCC1C(=O)O. The van der Waals surface area contributed by atoms with Gasteiger partial charge in [0.1, 0.15) is 12.7 Å². The summed E-state index contributed by atoms with van der Waals surface area (Å²) in [7, 11) is 0. The van der Waals surface area contributed by atoms with E-state index in [1.165, 1.54) is 6.33 Å². The monoisotopic (exact) mass is 252 g/mol. The van der Waals surface area contributed by atoms with Gasteiger partial charge in [0.05, 0.1) is 12.5 Å². The third-order valence-electron chi connectivity index (χ3n) is 3.21. The number of hydrogen-bond acceptors (Lipinski definition) is 4. The van der Waals surface area contributed by atoms with Crippen LogP contribution >= 0.6 is 0 Å². The van der Waals surface area contributed by atoms with E-state index in [0.29, 0.717) is 13.0 Å². The molecule has 18 heavy (non-hydrogen) atoms. The molecule has 0 aliphatic heterocycles. The first-order valence-electron chi connectivity index (χ1n) is 6.01. The fraction of sp³-hybridized carbons (Fsp3) is 0.636. The minimum absolute atomic E-state index is 0.136. The Morgan fingerprint density at radius 1 is 1.44 bits per heavy atom. The zero-order valence-corrected chi connectivity index (χ0v) is 9.95. The highest BCUT2D eigenvalue weighted by Gasteiger charge is 2.33. The number of carboxylic acids is 1. The smallest absolute Gasteiger partial charge is 0.308 e. The van der Waals surface area contributed by atoms with Crippen molar-refractivity contribution >= 4 is 11.9 Å². The summed E-state index contributed by atoms with van der Waals surface area (Å²) in [6.07, 6.45) is 5.48. The Balaban J connectivity index is 1.78. The normalized spacial score (nSPS) is 22.9. The standard InChI is InChI=1S/C11H16N4O3/c16-10(4-5-15-7-12-6-13-15)14-9-3-1-2-8(9)11(17)18/h6-9H,1-5H2,(H,14,16)(H,17,18). The zero-order chi connectivity index (χ0) is 13.0. The average molecular weight is 252 g/mol. The van der Waals surface area contributed by atoms with E-state index >= 15 is 0 Å². The lowest BCUT2D eigenvalue weighted by molar-refractivity contribution is -0.142. The maximum absolute atomic E-state index is 11.7. The molecular weight excluding hydrogens is 236 g/mol. The van der Waals surface area contributed by atoms with Crippen molar-refractivity contribution in [2.75, 3.05) is 0 Å². The van der Waals surface area contributed by atoms with Crippen molar-refractivity contribution in [2.24, 2.45) is 5.92 Å². The van der Waals surface area contributed by atoms with Gasteiger partial charge in [-0.15, -0.1) is 0 Å². The summed E-state index contributed by atoms with van der Waals surface area (Å²) in [5.74, 6) is -1.40. The number of aliphatic carboxylic acids is 1. The Morgan fingerprint density at radius 3 is 2.94 bits per heavy atom. The second-order valence-corrected chi connectivity index (χ2v) is 4.46. The molecule has 1 heterocycles. The molecule has 2 unspecified atom stereocenters. The molecular formula is C11H16N4O3. The lowest BCUT2D eigenvalue weighted by Crippen LogP contribution is -2.40. The number of rotatable bonds is 5. The van der Waals surface area contributed by atoms with Crippen molar-refractivity contribution < 1.29 is 14.7 Å². The van der Waals surface area contributed by atoms with Crippen LogP contribution in [-0.4, -0.2) is 37.8 Å². The average Bonchev–Trinajstić information content (AvgIpc) is 2.96. The quantitative estimate of drug-likeness (QED) is 0.771. The maximum atomic E-state index is 11.7. The van der Waals surface area contributed by atoms with E-state index in [9.17, 15) is 9.59 Å². The third-order valence-corrected chi connectivity index (χ3v) is 3.21. The molecule has 1 aliphatic carbocycles. The van der Waals surface area contributed by atoms with Crippen LogP contribution in [0, 0.1) is 5.92 Å². The summed E-state index contributed by atoms with van der Waals surface area (Å²) in [5.41, 5.74) is 0. The Kier molecular flexibility index (Phi) is 3.91. The molecule has 98 valence electrons. The topological polar surface area (TPSA) is 97.1 Å². The van der Waals surface area contributed by atoms with Crippen LogP contribution in [0.1, 0.15) is 25.7 Å². The molecule has 2 atom stereocenters. The Morgan fingerprint density at radius 2 is 2.28 bits per heavy atom. The molecule has 0 radical (unpaired) electrons. The van der Waals surface area contributed by atoms with Crippen molar-refractivity contribution in [1.29, 1.82) is 0 Å². The van der Waals surface area contributed by atoms with Gasteiger partial charge in [-0.2, -0.15) is 5.10 Å². The molecule has 2 N–H and O–H groups in total. The molecule has 1 aromatic rings. The van der Waals surface area contributed by atoms with Crippen molar-refractivity contribution in [3.63, 3.8) is 0 Å². The molecule has 0 saturated heterocycles. The van der Waals surface area contributed by atoms with E-state index in [1.54, 1.807) is 11.0 Å². The molecule has 0 bridgehead atoms. The van der Waals surface area contributed by atoms with E-state index in [-0.39, 0.29) is 18.4 Å². The van der Waals surface area contributed by atoms with E-state index in [0.717, 1.165) is 12.8 Å². The predicted molar refractivity (Wildman–Crippen MR) is 61.5 cm³/mol. The number of aryl methyl sites for hydroxylation is 1. The second-order valence-electron chi connectivity index (χ2n) is 4.46. The third kappa shape index (κ3) is 3.06. The van der Waals surface area contributed by atoms with Crippen LogP contribution < -0.4 is 5.32 Å². The van der Waals surface area contributed by atoms with Crippen molar-refractivity contribution in [2.45, 2.75) is 38.3 Å². The number of nitrogens with one attached hydrogen (secondary N) is 1. The second kappa shape index (κ2) is 5.61. The van der Waals surface area contributed by atoms with Gasteiger partial charge in [0.15, 0.2) is 0 Å². The first-order valence-corrected chi connectivity index (χ1v) is 6.01. The number of carboxylic acid groups (broad SMARTS) is 1. The number of amides is 1. The number of aromatic nitrogens is 3. The van der Waals surface area contributed by atoms with Crippen LogP contribution in [0.2, 0.25) is 0 Å². The summed E-state index contributed by atoms with van der Waals surface area (Å²) in [4.78, 5) is 26.4. The Hall–Kier alpha value is -1.92. The van der Waals surface area contributed by atoms with E-state index in [1.807, 2.05) is 0 Å². The number of hydrogen-bond donors (Lipinski definition) is 2. The fourth-order valence-corrected chi connectivity index (χ4v) is 2.27. The van der Waals surface area contributed by atoms with E-state index in [4.69, 9.17) is 5.11 Å². The maximum Gasteiger partial charge on any atom is 0.308 e. The van der Waals surface area contributed by atoms with Gasteiger partial charge < -0.3 is 10.4 Å². The van der Waals surface area contributed by atoms with Crippen LogP contribution in [0.25, 0.3) is 0 Å². The van der Waals surface area contributed by atoms with E-state index < -0.39 is 11.9 Å². The van der Waals surface area contributed by atoms with Crippen molar-refractivity contribution in [3.05, 3.63) is 12.7 Å². The summed E-state index contributed by atoms with van der Waals surface area (Å²) >= 11 is 0. The highest BCUT2D eigenvalue weighted by molar-refractivity contribution is 5.78. The first-order chi connectivity index (χ1) is 8.66. The molecule has 7 nitrogen and oxygen atoms in total. The van der Waals surface area contributed by atoms with Gasteiger partial charge in [-0.3, -0.25) is 14.3 Å². The molecule has 1 fully saturated rings. The molecule has 7 heteroatoms. The fourth-order valence-electron chi connectivity index (χ4n) is 2.27. The summed E-state index contributed by atoms with van der Waals surface area (Å²) in [6.45, 7) is 0.455. The molecule has 2 rings (SSSR count). The first kappa shape index (κ1) is 12.5. The lowest BCUT2D eigenvalue weighted by atomic mass is 10.0. The highest BCUT2D eigenvalue weighted by Crippen LogP contribution is 2.25. The van der Waals surface area contributed by atoms with Crippen LogP contribution in [0.4, 0.5) is 0 Å². The van der Waals surface area contributed by atoms with Gasteiger partial charge in [0.25, 0.3) is 0 Å². The van der Waals surface area contributed by atoms with Gasteiger partial charge in [0.2, 0.25) is 5.91 Å². The highest BCUT2D eigenvalue weighted by atomic mass is 16.4. The molecule has 0 aromatic carbocycles. The largest absolute Gasteiger partial charge is 0.481 e. The van der Waals surface area contributed by atoms with Gasteiger partial charge in [0, 0.05) is 12.5 Å². The van der Waals surface area contributed by atoms with Gasteiger partial charge in [-0.25, -0.2) is 4.98 Å².